The highest BCUT2D eigenvalue weighted by Crippen LogP contribution is 2.46. The van der Waals surface area contributed by atoms with Crippen molar-refractivity contribution in [3.63, 3.8) is 0 Å². The number of hydrogen-bond acceptors (Lipinski definition) is 0. The number of aromatic nitrogens is 1. The van der Waals surface area contributed by atoms with E-state index in [2.05, 4.69) is 104 Å². The van der Waals surface area contributed by atoms with E-state index in [9.17, 15) is 0 Å². The van der Waals surface area contributed by atoms with Gasteiger partial charge >= 0.3 is 0 Å². The maximum atomic E-state index is 2.39. The first-order chi connectivity index (χ1) is 15.0. The van der Waals surface area contributed by atoms with Crippen molar-refractivity contribution in [2.45, 2.75) is 45.6 Å². The van der Waals surface area contributed by atoms with Crippen LogP contribution in [0.25, 0.3) is 11.1 Å². The fraction of sp³-hybridized carbons (Fsp3) is 0.233. The molecule has 0 saturated heterocycles. The molecule has 2 aliphatic carbocycles. The summed E-state index contributed by atoms with van der Waals surface area (Å²) >= 11 is 0. The molecule has 0 N–H and O–H groups in total. The maximum Gasteiger partial charge on any atom is 0.188 e. The number of pyridine rings is 1. The number of hydrogen-bond donors (Lipinski definition) is 0. The standard InChI is InChI=1S/C30H28N/c1-20-11-14-25-27(29(20)30(2,3)31-15-7-4-8-16-31)19-24-13-12-23-17-21-9-5-6-10-22(21)18-26(23)28(24)25/h4-16H,17-19H2,1-3H3/q+1. The molecule has 0 unspecified atom stereocenters. The van der Waals surface area contributed by atoms with E-state index in [1.165, 1.54) is 50.1 Å². The van der Waals surface area contributed by atoms with E-state index in [1.54, 1.807) is 5.56 Å². The second-order valence-corrected chi connectivity index (χ2v) is 9.66. The van der Waals surface area contributed by atoms with Gasteiger partial charge in [-0.1, -0.05) is 54.6 Å². The predicted molar refractivity (Wildman–Crippen MR) is 127 cm³/mol. The molecule has 1 aromatic heterocycles. The van der Waals surface area contributed by atoms with Crippen LogP contribution < -0.4 is 4.57 Å². The molecule has 1 heterocycles. The number of fused-ring (bicyclic) bond motifs is 6. The van der Waals surface area contributed by atoms with Gasteiger partial charge in [-0.3, -0.25) is 0 Å². The summed E-state index contributed by atoms with van der Waals surface area (Å²) in [5.41, 5.74) is 14.8. The van der Waals surface area contributed by atoms with Gasteiger partial charge in [-0.25, -0.2) is 0 Å². The van der Waals surface area contributed by atoms with Crippen LogP contribution in [0.5, 0.6) is 0 Å². The first kappa shape index (κ1) is 18.6. The third-order valence-electron chi connectivity index (χ3n) is 7.49. The van der Waals surface area contributed by atoms with Gasteiger partial charge in [0.15, 0.2) is 17.9 Å². The fourth-order valence-electron chi connectivity index (χ4n) is 6.01. The smallest absolute Gasteiger partial charge is 0.188 e. The molecule has 0 spiro atoms. The van der Waals surface area contributed by atoms with Crippen molar-refractivity contribution in [3.05, 3.63) is 124 Å². The molecule has 0 aliphatic heterocycles. The van der Waals surface area contributed by atoms with Gasteiger partial charge in [0.2, 0.25) is 0 Å². The summed E-state index contributed by atoms with van der Waals surface area (Å²) in [6.45, 7) is 6.98. The zero-order valence-electron chi connectivity index (χ0n) is 18.6. The number of nitrogens with zero attached hydrogens (tertiary/aromatic N) is 1. The summed E-state index contributed by atoms with van der Waals surface area (Å²) in [6, 6.07) is 24.8. The minimum absolute atomic E-state index is 0.106. The average molecular weight is 403 g/mol. The second-order valence-electron chi connectivity index (χ2n) is 9.66. The summed E-state index contributed by atoms with van der Waals surface area (Å²) in [7, 11) is 0. The molecule has 31 heavy (non-hydrogen) atoms. The van der Waals surface area contributed by atoms with Crippen molar-refractivity contribution in [1.29, 1.82) is 0 Å². The Labute approximate surface area is 185 Å². The van der Waals surface area contributed by atoms with E-state index in [4.69, 9.17) is 0 Å². The van der Waals surface area contributed by atoms with Crippen molar-refractivity contribution < 1.29 is 4.57 Å². The van der Waals surface area contributed by atoms with Crippen LogP contribution in [0.1, 0.15) is 58.4 Å². The molecule has 0 saturated carbocycles. The Morgan fingerprint density at radius 3 is 2.10 bits per heavy atom. The van der Waals surface area contributed by atoms with E-state index >= 15 is 0 Å². The molecule has 4 aromatic rings. The van der Waals surface area contributed by atoms with Gasteiger partial charge in [-0.15, -0.1) is 0 Å². The Balaban J connectivity index is 1.54. The highest BCUT2D eigenvalue weighted by atomic mass is 15.0. The molecule has 0 atom stereocenters. The Bertz CT molecular complexity index is 1330. The van der Waals surface area contributed by atoms with Crippen LogP contribution in [0, 0.1) is 6.92 Å². The van der Waals surface area contributed by atoms with Crippen molar-refractivity contribution >= 4 is 0 Å². The highest BCUT2D eigenvalue weighted by molar-refractivity contribution is 5.83. The zero-order valence-corrected chi connectivity index (χ0v) is 18.6. The van der Waals surface area contributed by atoms with E-state index in [0.717, 1.165) is 19.3 Å². The third-order valence-corrected chi connectivity index (χ3v) is 7.49. The van der Waals surface area contributed by atoms with E-state index in [0.29, 0.717) is 0 Å². The third kappa shape index (κ3) is 2.73. The van der Waals surface area contributed by atoms with Gasteiger partial charge in [0.05, 0.1) is 0 Å². The molecular formula is C30H28N+. The molecular weight excluding hydrogens is 374 g/mol. The zero-order chi connectivity index (χ0) is 21.2. The Kier molecular flexibility index (Phi) is 3.99. The van der Waals surface area contributed by atoms with Crippen LogP contribution in [0.3, 0.4) is 0 Å². The lowest BCUT2D eigenvalue weighted by Crippen LogP contribution is -2.53. The van der Waals surface area contributed by atoms with Gasteiger partial charge in [0.1, 0.15) is 0 Å². The molecule has 6 rings (SSSR count). The molecule has 3 aromatic carbocycles. The predicted octanol–water partition coefficient (Wildman–Crippen LogP) is 6.13. The van der Waals surface area contributed by atoms with Crippen molar-refractivity contribution in [3.8, 4) is 11.1 Å². The summed E-state index contributed by atoms with van der Waals surface area (Å²) in [6.07, 6.45) is 7.53. The molecule has 2 aliphatic rings. The largest absolute Gasteiger partial charge is 0.196 e. The lowest BCUT2D eigenvalue weighted by Gasteiger charge is -2.25. The van der Waals surface area contributed by atoms with E-state index < -0.39 is 0 Å². The Morgan fingerprint density at radius 2 is 1.32 bits per heavy atom. The molecule has 0 bridgehead atoms. The minimum Gasteiger partial charge on any atom is -0.196 e. The van der Waals surface area contributed by atoms with Crippen LogP contribution in [0.2, 0.25) is 0 Å². The molecule has 1 nitrogen and oxygen atoms in total. The lowest BCUT2D eigenvalue weighted by atomic mass is 9.81. The monoisotopic (exact) mass is 402 g/mol. The molecule has 1 heteroatoms. The molecule has 0 amide bonds. The first-order valence-electron chi connectivity index (χ1n) is 11.3. The summed E-state index contributed by atoms with van der Waals surface area (Å²) < 4.78 is 2.35. The van der Waals surface area contributed by atoms with Gasteiger partial charge < -0.3 is 0 Å². The van der Waals surface area contributed by atoms with Gasteiger partial charge in [-0.05, 0) is 76.3 Å². The normalized spacial score (nSPS) is 13.9. The fourth-order valence-corrected chi connectivity index (χ4v) is 6.01. The van der Waals surface area contributed by atoms with Gasteiger partial charge in [0.25, 0.3) is 0 Å². The Morgan fingerprint density at radius 1 is 0.645 bits per heavy atom. The lowest BCUT2D eigenvalue weighted by molar-refractivity contribution is -0.747. The van der Waals surface area contributed by atoms with Crippen molar-refractivity contribution in [1.82, 2.24) is 0 Å². The highest BCUT2D eigenvalue weighted by Gasteiger charge is 2.38. The minimum atomic E-state index is -0.106. The average Bonchev–Trinajstić information content (AvgIpc) is 3.16. The number of aryl methyl sites for hydroxylation is 1. The van der Waals surface area contributed by atoms with Gasteiger partial charge in [0, 0.05) is 31.5 Å². The molecule has 0 fully saturated rings. The SMILES string of the molecule is Cc1ccc2c(c1C(C)(C)[n+]1ccccc1)Cc1ccc3c(c1-2)Cc1ccccc1C3. The molecule has 152 valence electrons. The quantitative estimate of drug-likeness (QED) is 0.307. The van der Waals surface area contributed by atoms with Crippen LogP contribution in [-0.2, 0) is 24.8 Å². The maximum absolute atomic E-state index is 2.39. The Hall–Kier alpha value is -3.19. The van der Waals surface area contributed by atoms with Crippen LogP contribution >= 0.6 is 0 Å². The second kappa shape index (κ2) is 6.65. The van der Waals surface area contributed by atoms with Crippen LogP contribution in [0.4, 0.5) is 0 Å². The first-order valence-corrected chi connectivity index (χ1v) is 11.3. The summed E-state index contributed by atoms with van der Waals surface area (Å²) in [5.74, 6) is 0. The van der Waals surface area contributed by atoms with Crippen LogP contribution in [-0.4, -0.2) is 0 Å². The van der Waals surface area contributed by atoms with Crippen molar-refractivity contribution in [2.24, 2.45) is 0 Å². The van der Waals surface area contributed by atoms with Crippen LogP contribution in [0.15, 0.2) is 79.1 Å². The number of benzene rings is 3. The van der Waals surface area contributed by atoms with Crippen molar-refractivity contribution in [2.75, 3.05) is 0 Å². The van der Waals surface area contributed by atoms with E-state index in [1.807, 2.05) is 0 Å². The topological polar surface area (TPSA) is 3.88 Å². The molecule has 0 radical (unpaired) electrons. The number of rotatable bonds is 2. The summed E-state index contributed by atoms with van der Waals surface area (Å²) in [4.78, 5) is 0. The van der Waals surface area contributed by atoms with Gasteiger partial charge in [-0.2, -0.15) is 4.57 Å². The summed E-state index contributed by atoms with van der Waals surface area (Å²) in [5, 5.41) is 0. The van der Waals surface area contributed by atoms with E-state index in [-0.39, 0.29) is 5.54 Å².